The first-order valence-electron chi connectivity index (χ1n) is 3.59. The summed E-state index contributed by atoms with van der Waals surface area (Å²) in [6.45, 7) is 0.512. The van der Waals surface area contributed by atoms with Crippen LogP contribution in [-0.4, -0.2) is 38.2 Å². The molecular formula is C6H12FNO2S. The third kappa shape index (κ3) is 2.41. The van der Waals surface area contributed by atoms with Gasteiger partial charge < -0.3 is 0 Å². The molecule has 1 atom stereocenters. The van der Waals surface area contributed by atoms with Crippen LogP contribution in [0.5, 0.6) is 0 Å². The van der Waals surface area contributed by atoms with Gasteiger partial charge in [-0.25, -0.2) is 12.8 Å². The zero-order valence-corrected chi connectivity index (χ0v) is 7.27. The Morgan fingerprint density at radius 1 is 1.55 bits per heavy atom. The SMILES string of the molecule is CS(=O)(=O)N1CCCC(F)C1. The Morgan fingerprint density at radius 3 is 2.55 bits per heavy atom. The Bertz CT molecular complexity index is 227. The zero-order valence-electron chi connectivity index (χ0n) is 6.46. The van der Waals surface area contributed by atoms with E-state index in [0.29, 0.717) is 19.4 Å². The van der Waals surface area contributed by atoms with Crippen LogP contribution >= 0.6 is 0 Å². The Kier molecular flexibility index (Phi) is 2.49. The van der Waals surface area contributed by atoms with Crippen LogP contribution in [0.1, 0.15) is 12.8 Å². The van der Waals surface area contributed by atoms with Crippen molar-refractivity contribution in [1.29, 1.82) is 0 Å². The van der Waals surface area contributed by atoms with Crippen LogP contribution in [0.25, 0.3) is 0 Å². The molecule has 3 nitrogen and oxygen atoms in total. The van der Waals surface area contributed by atoms with Gasteiger partial charge in [-0.2, -0.15) is 4.31 Å². The van der Waals surface area contributed by atoms with Gasteiger partial charge in [0.2, 0.25) is 10.0 Å². The Morgan fingerprint density at radius 2 is 2.18 bits per heavy atom. The molecule has 0 bridgehead atoms. The Balaban J connectivity index is 2.60. The maximum Gasteiger partial charge on any atom is 0.211 e. The number of halogens is 1. The molecule has 1 saturated heterocycles. The summed E-state index contributed by atoms with van der Waals surface area (Å²) < 4.78 is 35.6. The molecule has 11 heavy (non-hydrogen) atoms. The minimum absolute atomic E-state index is 0.0405. The highest BCUT2D eigenvalue weighted by Crippen LogP contribution is 2.14. The zero-order chi connectivity index (χ0) is 8.48. The maximum absolute atomic E-state index is 12.7. The van der Waals surface area contributed by atoms with E-state index in [0.717, 1.165) is 6.26 Å². The Labute approximate surface area is 66.2 Å². The quantitative estimate of drug-likeness (QED) is 0.586. The monoisotopic (exact) mass is 181 g/mol. The first-order chi connectivity index (χ1) is 5.00. The van der Waals surface area contributed by atoms with Crippen molar-refractivity contribution >= 4 is 10.0 Å². The normalized spacial score (nSPS) is 28.7. The predicted molar refractivity (Wildman–Crippen MR) is 40.5 cm³/mol. The Hall–Kier alpha value is -0.160. The topological polar surface area (TPSA) is 37.4 Å². The summed E-state index contributed by atoms with van der Waals surface area (Å²) in [4.78, 5) is 0. The number of hydrogen-bond acceptors (Lipinski definition) is 2. The number of rotatable bonds is 1. The second kappa shape index (κ2) is 3.06. The third-order valence-electron chi connectivity index (χ3n) is 1.80. The van der Waals surface area contributed by atoms with E-state index >= 15 is 0 Å². The summed E-state index contributed by atoms with van der Waals surface area (Å²) in [5.41, 5.74) is 0. The smallest absolute Gasteiger partial charge is 0.211 e. The molecule has 1 unspecified atom stereocenters. The fourth-order valence-electron chi connectivity index (χ4n) is 1.19. The van der Waals surface area contributed by atoms with Gasteiger partial charge in [0.05, 0.1) is 6.26 Å². The van der Waals surface area contributed by atoms with Crippen molar-refractivity contribution in [3.8, 4) is 0 Å². The summed E-state index contributed by atoms with van der Waals surface area (Å²) in [6.07, 6.45) is 1.27. The molecule has 1 heterocycles. The molecular weight excluding hydrogens is 169 g/mol. The molecule has 0 aliphatic carbocycles. The largest absolute Gasteiger partial charge is 0.246 e. The van der Waals surface area contributed by atoms with Crippen molar-refractivity contribution in [3.63, 3.8) is 0 Å². The van der Waals surface area contributed by atoms with E-state index in [-0.39, 0.29) is 6.54 Å². The van der Waals surface area contributed by atoms with Crippen LogP contribution < -0.4 is 0 Å². The highest BCUT2D eigenvalue weighted by Gasteiger charge is 2.25. The number of sulfonamides is 1. The lowest BCUT2D eigenvalue weighted by molar-refractivity contribution is 0.203. The van der Waals surface area contributed by atoms with Gasteiger partial charge in [0.15, 0.2) is 0 Å². The molecule has 66 valence electrons. The van der Waals surface area contributed by atoms with Gasteiger partial charge in [-0.05, 0) is 12.8 Å². The lowest BCUT2D eigenvalue weighted by atomic mass is 10.1. The van der Waals surface area contributed by atoms with Crippen LogP contribution in [-0.2, 0) is 10.0 Å². The van der Waals surface area contributed by atoms with Gasteiger partial charge in [0.1, 0.15) is 6.17 Å². The summed E-state index contributed by atoms with van der Waals surface area (Å²) >= 11 is 0. The average molecular weight is 181 g/mol. The first kappa shape index (κ1) is 8.93. The molecule has 5 heteroatoms. The van der Waals surface area contributed by atoms with E-state index in [1.165, 1.54) is 4.31 Å². The molecule has 0 aromatic carbocycles. The lowest BCUT2D eigenvalue weighted by Crippen LogP contribution is -2.39. The molecule has 1 fully saturated rings. The van der Waals surface area contributed by atoms with Gasteiger partial charge in [0.25, 0.3) is 0 Å². The second-order valence-electron chi connectivity index (χ2n) is 2.86. The van der Waals surface area contributed by atoms with Crippen LogP contribution in [0.4, 0.5) is 4.39 Å². The van der Waals surface area contributed by atoms with Gasteiger partial charge in [-0.15, -0.1) is 0 Å². The van der Waals surface area contributed by atoms with Gasteiger partial charge in [0, 0.05) is 13.1 Å². The minimum atomic E-state index is -3.17. The first-order valence-corrected chi connectivity index (χ1v) is 5.44. The number of piperidine rings is 1. The van der Waals surface area contributed by atoms with Crippen LogP contribution in [0.15, 0.2) is 0 Å². The van der Waals surface area contributed by atoms with Crippen LogP contribution in [0, 0.1) is 0 Å². The van der Waals surface area contributed by atoms with E-state index in [4.69, 9.17) is 0 Å². The van der Waals surface area contributed by atoms with Crippen molar-refractivity contribution in [2.45, 2.75) is 19.0 Å². The van der Waals surface area contributed by atoms with E-state index in [9.17, 15) is 12.8 Å². The molecule has 0 saturated carbocycles. The molecule has 1 aliphatic heterocycles. The second-order valence-corrected chi connectivity index (χ2v) is 4.84. The predicted octanol–water partition coefficient (Wildman–Crippen LogP) is 0.380. The molecule has 0 radical (unpaired) electrons. The van der Waals surface area contributed by atoms with Gasteiger partial charge in [-0.1, -0.05) is 0 Å². The van der Waals surface area contributed by atoms with Crippen molar-refractivity contribution < 1.29 is 12.8 Å². The minimum Gasteiger partial charge on any atom is -0.246 e. The van der Waals surface area contributed by atoms with E-state index in [2.05, 4.69) is 0 Å². The number of hydrogen-bond donors (Lipinski definition) is 0. The van der Waals surface area contributed by atoms with Crippen molar-refractivity contribution in [2.24, 2.45) is 0 Å². The van der Waals surface area contributed by atoms with Crippen molar-refractivity contribution in [1.82, 2.24) is 4.31 Å². The fourth-order valence-corrected chi connectivity index (χ4v) is 2.09. The van der Waals surface area contributed by atoms with Crippen LogP contribution in [0.2, 0.25) is 0 Å². The summed E-state index contributed by atoms with van der Waals surface area (Å²) in [5, 5.41) is 0. The molecule has 0 aromatic rings. The molecule has 1 rings (SSSR count). The standard InChI is InChI=1S/C6H12FNO2S/c1-11(9,10)8-4-2-3-6(7)5-8/h6H,2-5H2,1H3. The van der Waals surface area contributed by atoms with Crippen molar-refractivity contribution in [2.75, 3.05) is 19.3 Å². The van der Waals surface area contributed by atoms with Crippen LogP contribution in [0.3, 0.4) is 0 Å². The van der Waals surface area contributed by atoms with Gasteiger partial charge in [-0.3, -0.25) is 0 Å². The average Bonchev–Trinajstić information content (AvgIpc) is 1.86. The number of alkyl halides is 1. The molecule has 0 aromatic heterocycles. The highest BCUT2D eigenvalue weighted by atomic mass is 32.2. The molecule has 0 N–H and O–H groups in total. The van der Waals surface area contributed by atoms with Gasteiger partial charge >= 0.3 is 0 Å². The molecule has 1 aliphatic rings. The fraction of sp³-hybridized carbons (Fsp3) is 1.00. The van der Waals surface area contributed by atoms with E-state index in [1.807, 2.05) is 0 Å². The molecule has 0 amide bonds. The lowest BCUT2D eigenvalue weighted by Gasteiger charge is -2.26. The number of nitrogens with zero attached hydrogens (tertiary/aromatic N) is 1. The maximum atomic E-state index is 12.7. The summed E-state index contributed by atoms with van der Waals surface area (Å²) in [7, 11) is -3.17. The summed E-state index contributed by atoms with van der Waals surface area (Å²) in [6, 6.07) is 0. The van der Waals surface area contributed by atoms with E-state index < -0.39 is 16.2 Å². The van der Waals surface area contributed by atoms with Crippen molar-refractivity contribution in [3.05, 3.63) is 0 Å². The van der Waals surface area contributed by atoms with E-state index in [1.54, 1.807) is 0 Å². The molecule has 0 spiro atoms. The highest BCUT2D eigenvalue weighted by molar-refractivity contribution is 7.88. The summed E-state index contributed by atoms with van der Waals surface area (Å²) in [5.74, 6) is 0. The third-order valence-corrected chi connectivity index (χ3v) is 3.07.